The Labute approximate surface area is 200 Å². The normalized spacial score (nSPS) is 16.1. The molecule has 6 nitrogen and oxygen atoms in total. The maximum atomic E-state index is 13.6. The van der Waals surface area contributed by atoms with Crippen molar-refractivity contribution >= 4 is 16.9 Å². The Hall–Kier alpha value is -3.38. The lowest BCUT2D eigenvalue weighted by Gasteiger charge is -2.26. The Kier molecular flexibility index (Phi) is 6.00. The van der Waals surface area contributed by atoms with Crippen LogP contribution in [-0.4, -0.2) is 57.7 Å². The topological polar surface area (TPSA) is 54.5 Å². The molecule has 1 aliphatic rings. The number of amides is 1. The Morgan fingerprint density at radius 1 is 1.09 bits per heavy atom. The van der Waals surface area contributed by atoms with Crippen molar-refractivity contribution in [3.8, 4) is 22.6 Å². The lowest BCUT2D eigenvalue weighted by Crippen LogP contribution is -2.39. The number of carbonyl (C=O) groups is 1. The van der Waals surface area contributed by atoms with Crippen LogP contribution in [0.1, 0.15) is 36.3 Å². The summed E-state index contributed by atoms with van der Waals surface area (Å²) in [6.07, 6.45) is 1.02. The Bertz CT molecular complexity index is 1300. The number of likely N-dealkylation sites (tertiary alicyclic amines) is 1. The predicted molar refractivity (Wildman–Crippen MR) is 136 cm³/mol. The minimum Gasteiger partial charge on any atom is -0.456 e. The van der Waals surface area contributed by atoms with Crippen molar-refractivity contribution in [2.24, 2.45) is 7.05 Å². The fourth-order valence-electron chi connectivity index (χ4n) is 5.32. The fraction of sp³-hybridized carbons (Fsp3) is 0.357. The average molecular weight is 457 g/mol. The quantitative estimate of drug-likeness (QED) is 0.392. The van der Waals surface area contributed by atoms with Crippen LogP contribution in [0.3, 0.4) is 0 Å². The number of hydrogen-bond acceptors (Lipinski definition) is 4. The van der Waals surface area contributed by atoms with Gasteiger partial charge in [-0.25, -0.2) is 0 Å². The smallest absolute Gasteiger partial charge is 0.272 e. The van der Waals surface area contributed by atoms with Crippen LogP contribution in [0.25, 0.3) is 33.6 Å². The van der Waals surface area contributed by atoms with Gasteiger partial charge < -0.3 is 9.32 Å². The van der Waals surface area contributed by atoms with Crippen LogP contribution >= 0.6 is 0 Å². The number of aromatic nitrogens is 2. The zero-order valence-corrected chi connectivity index (χ0v) is 20.4. The van der Waals surface area contributed by atoms with Gasteiger partial charge in [-0.05, 0) is 38.6 Å². The number of likely N-dealkylation sites (N-methyl/N-ethyl adjacent to an activating group) is 1. The number of benzene rings is 2. The van der Waals surface area contributed by atoms with Gasteiger partial charge in [0, 0.05) is 48.3 Å². The lowest BCUT2D eigenvalue weighted by atomic mass is 9.99. The summed E-state index contributed by atoms with van der Waals surface area (Å²) >= 11 is 0. The van der Waals surface area contributed by atoms with Gasteiger partial charge in [0.2, 0.25) is 0 Å². The summed E-state index contributed by atoms with van der Waals surface area (Å²) in [6.45, 7) is 9.96. The van der Waals surface area contributed by atoms with E-state index in [1.165, 1.54) is 0 Å². The number of fused-ring (bicyclic) bond motifs is 1. The molecule has 0 saturated carbocycles. The van der Waals surface area contributed by atoms with Crippen LogP contribution in [0.5, 0.6) is 0 Å². The molecule has 0 radical (unpaired) electrons. The summed E-state index contributed by atoms with van der Waals surface area (Å²) in [5.41, 5.74) is 5.19. The molecule has 0 N–H and O–H groups in total. The van der Waals surface area contributed by atoms with E-state index in [2.05, 4.69) is 43.0 Å². The molecule has 176 valence electrons. The minimum atomic E-state index is 0.0645. The monoisotopic (exact) mass is 456 g/mol. The molecule has 4 aromatic rings. The Morgan fingerprint density at radius 2 is 1.79 bits per heavy atom. The lowest BCUT2D eigenvalue weighted by molar-refractivity contribution is 0.0766. The number of furan rings is 1. The van der Waals surface area contributed by atoms with Crippen LogP contribution in [0.15, 0.2) is 59.0 Å². The number of para-hydroxylation sites is 1. The van der Waals surface area contributed by atoms with Gasteiger partial charge in [-0.15, -0.1) is 0 Å². The molecule has 1 aliphatic heterocycles. The molecule has 0 spiro atoms. The van der Waals surface area contributed by atoms with Gasteiger partial charge in [0.05, 0.1) is 5.69 Å². The van der Waals surface area contributed by atoms with Gasteiger partial charge in [0.25, 0.3) is 5.91 Å². The molecule has 1 amide bonds. The first kappa shape index (κ1) is 22.4. The molecule has 5 rings (SSSR count). The van der Waals surface area contributed by atoms with Gasteiger partial charge in [0.1, 0.15) is 17.0 Å². The molecule has 2 aromatic carbocycles. The maximum Gasteiger partial charge on any atom is 0.272 e. The zero-order valence-electron chi connectivity index (χ0n) is 20.4. The maximum absolute atomic E-state index is 13.6. The van der Waals surface area contributed by atoms with E-state index >= 15 is 0 Å². The van der Waals surface area contributed by atoms with Crippen LogP contribution in [0.4, 0.5) is 0 Å². The standard InChI is InChI=1S/C28H32N4O2/c1-5-31(6-2)21-15-16-32(18-21)28(33)27-19(3)26(29-30(27)4)23-13-9-8-12-22(23)25-17-20-11-7-10-14-24(20)34-25/h7-14,17,21H,5-6,15-16,18H2,1-4H3. The van der Waals surface area contributed by atoms with Crippen molar-refractivity contribution in [1.29, 1.82) is 0 Å². The minimum absolute atomic E-state index is 0.0645. The van der Waals surface area contributed by atoms with E-state index in [0.717, 1.165) is 71.7 Å². The average Bonchev–Trinajstić information content (AvgIpc) is 3.57. The van der Waals surface area contributed by atoms with E-state index in [1.54, 1.807) is 4.68 Å². The zero-order chi connectivity index (χ0) is 23.8. The van der Waals surface area contributed by atoms with Crippen LogP contribution in [0, 0.1) is 6.92 Å². The highest BCUT2D eigenvalue weighted by atomic mass is 16.3. The molecule has 1 fully saturated rings. The number of aryl methyl sites for hydroxylation is 1. The second-order valence-corrected chi connectivity index (χ2v) is 9.05. The number of hydrogen-bond donors (Lipinski definition) is 0. The predicted octanol–water partition coefficient (Wildman–Crippen LogP) is 5.37. The summed E-state index contributed by atoms with van der Waals surface area (Å²) < 4.78 is 7.91. The van der Waals surface area contributed by atoms with E-state index < -0.39 is 0 Å². The first-order chi connectivity index (χ1) is 16.5. The highest BCUT2D eigenvalue weighted by Gasteiger charge is 2.32. The summed E-state index contributed by atoms with van der Waals surface area (Å²) in [5.74, 6) is 0.867. The number of nitrogens with zero attached hydrogens (tertiary/aromatic N) is 4. The Balaban J connectivity index is 1.49. The third kappa shape index (κ3) is 3.82. The first-order valence-electron chi connectivity index (χ1n) is 12.2. The fourth-order valence-corrected chi connectivity index (χ4v) is 5.32. The van der Waals surface area contributed by atoms with E-state index in [1.807, 2.05) is 49.2 Å². The van der Waals surface area contributed by atoms with Crippen molar-refractivity contribution in [2.45, 2.75) is 33.2 Å². The van der Waals surface area contributed by atoms with Crippen molar-refractivity contribution in [1.82, 2.24) is 19.6 Å². The van der Waals surface area contributed by atoms with Gasteiger partial charge in [-0.1, -0.05) is 56.3 Å². The molecule has 0 aliphatic carbocycles. The molecule has 0 bridgehead atoms. The van der Waals surface area contributed by atoms with Gasteiger partial charge in [0.15, 0.2) is 0 Å². The Morgan fingerprint density at radius 3 is 2.53 bits per heavy atom. The summed E-state index contributed by atoms with van der Waals surface area (Å²) in [7, 11) is 1.87. The highest BCUT2D eigenvalue weighted by Crippen LogP contribution is 2.37. The summed E-state index contributed by atoms with van der Waals surface area (Å²) in [4.78, 5) is 18.0. The van der Waals surface area contributed by atoms with Gasteiger partial charge in [-0.2, -0.15) is 5.10 Å². The first-order valence-corrected chi connectivity index (χ1v) is 12.2. The van der Waals surface area contributed by atoms with Gasteiger partial charge in [-0.3, -0.25) is 14.4 Å². The van der Waals surface area contributed by atoms with E-state index in [9.17, 15) is 4.79 Å². The molecular weight excluding hydrogens is 424 g/mol. The molecule has 2 aromatic heterocycles. The second kappa shape index (κ2) is 9.11. The third-order valence-electron chi connectivity index (χ3n) is 7.14. The molecule has 6 heteroatoms. The molecular formula is C28H32N4O2. The summed E-state index contributed by atoms with van der Waals surface area (Å²) in [6, 6.07) is 18.6. The molecule has 1 saturated heterocycles. The van der Waals surface area contributed by atoms with Crippen molar-refractivity contribution < 1.29 is 9.21 Å². The summed E-state index contributed by atoms with van der Waals surface area (Å²) in [5, 5.41) is 5.88. The molecule has 34 heavy (non-hydrogen) atoms. The van der Waals surface area contributed by atoms with Crippen LogP contribution < -0.4 is 0 Å². The number of carbonyl (C=O) groups excluding carboxylic acids is 1. The molecule has 3 heterocycles. The number of rotatable bonds is 6. The largest absolute Gasteiger partial charge is 0.456 e. The van der Waals surface area contributed by atoms with Crippen molar-refractivity contribution in [3.05, 3.63) is 65.9 Å². The van der Waals surface area contributed by atoms with E-state index in [0.29, 0.717) is 11.7 Å². The van der Waals surface area contributed by atoms with Crippen LogP contribution in [0.2, 0.25) is 0 Å². The van der Waals surface area contributed by atoms with E-state index in [4.69, 9.17) is 9.52 Å². The van der Waals surface area contributed by atoms with E-state index in [-0.39, 0.29) is 5.91 Å². The third-order valence-corrected chi connectivity index (χ3v) is 7.14. The molecule has 1 unspecified atom stereocenters. The van der Waals surface area contributed by atoms with Crippen LogP contribution in [-0.2, 0) is 7.05 Å². The van der Waals surface area contributed by atoms with Crippen molar-refractivity contribution in [2.75, 3.05) is 26.2 Å². The van der Waals surface area contributed by atoms with Crippen molar-refractivity contribution in [3.63, 3.8) is 0 Å². The second-order valence-electron chi connectivity index (χ2n) is 9.05. The molecule has 1 atom stereocenters. The SMILES string of the molecule is CCN(CC)C1CCN(C(=O)c2c(C)c(-c3ccccc3-c3cc4ccccc4o3)nn2C)C1. The highest BCUT2D eigenvalue weighted by molar-refractivity contribution is 5.97. The van der Waals surface area contributed by atoms with Gasteiger partial charge >= 0.3 is 0 Å².